The SMILES string of the molecule is CCCCC1(c2ccc(O)cc2)CCCCC1. The Morgan fingerprint density at radius 3 is 2.29 bits per heavy atom. The first-order chi connectivity index (χ1) is 8.27. The summed E-state index contributed by atoms with van der Waals surface area (Å²) >= 11 is 0. The Morgan fingerprint density at radius 2 is 1.71 bits per heavy atom. The van der Waals surface area contributed by atoms with E-state index in [2.05, 4.69) is 19.1 Å². The van der Waals surface area contributed by atoms with E-state index in [1.54, 1.807) is 0 Å². The zero-order valence-corrected chi connectivity index (χ0v) is 10.9. The normalized spacial score (nSPS) is 19.1. The molecule has 0 radical (unpaired) electrons. The molecule has 1 aromatic rings. The summed E-state index contributed by atoms with van der Waals surface area (Å²) < 4.78 is 0. The van der Waals surface area contributed by atoms with Crippen LogP contribution in [0.15, 0.2) is 24.3 Å². The highest BCUT2D eigenvalue weighted by molar-refractivity contribution is 5.32. The van der Waals surface area contributed by atoms with Crippen LogP contribution >= 0.6 is 0 Å². The molecule has 1 heteroatoms. The zero-order chi connectivity index (χ0) is 12.1. The highest BCUT2D eigenvalue weighted by Gasteiger charge is 2.32. The minimum absolute atomic E-state index is 0.384. The van der Waals surface area contributed by atoms with E-state index in [-0.39, 0.29) is 0 Å². The lowest BCUT2D eigenvalue weighted by atomic mass is 9.67. The standard InChI is InChI=1S/C16H24O/c1-2-3-11-16(12-5-4-6-13-16)14-7-9-15(17)10-8-14/h7-10,17H,2-6,11-13H2,1H3. The van der Waals surface area contributed by atoms with Gasteiger partial charge in [0, 0.05) is 0 Å². The topological polar surface area (TPSA) is 20.2 Å². The maximum Gasteiger partial charge on any atom is 0.115 e. The second-order valence-corrected chi connectivity index (χ2v) is 5.49. The Bertz CT molecular complexity index is 333. The second kappa shape index (κ2) is 5.57. The van der Waals surface area contributed by atoms with Crippen LogP contribution in [-0.4, -0.2) is 5.11 Å². The van der Waals surface area contributed by atoms with Crippen molar-refractivity contribution in [3.8, 4) is 5.75 Å². The van der Waals surface area contributed by atoms with Crippen LogP contribution < -0.4 is 0 Å². The average Bonchev–Trinajstić information content (AvgIpc) is 2.38. The van der Waals surface area contributed by atoms with Crippen molar-refractivity contribution in [1.29, 1.82) is 0 Å². The molecule has 0 spiro atoms. The van der Waals surface area contributed by atoms with Gasteiger partial charge in [0.05, 0.1) is 0 Å². The number of benzene rings is 1. The third-order valence-electron chi connectivity index (χ3n) is 4.30. The van der Waals surface area contributed by atoms with Gasteiger partial charge in [-0.05, 0) is 42.4 Å². The van der Waals surface area contributed by atoms with Gasteiger partial charge < -0.3 is 5.11 Å². The summed E-state index contributed by atoms with van der Waals surface area (Å²) in [5.41, 5.74) is 1.85. The molecule has 1 aromatic carbocycles. The molecule has 2 rings (SSSR count). The number of hydrogen-bond acceptors (Lipinski definition) is 1. The van der Waals surface area contributed by atoms with Crippen molar-refractivity contribution in [1.82, 2.24) is 0 Å². The van der Waals surface area contributed by atoms with Crippen LogP contribution in [0.25, 0.3) is 0 Å². The summed E-state index contributed by atoms with van der Waals surface area (Å²) in [5, 5.41) is 9.42. The molecule has 0 saturated heterocycles. The van der Waals surface area contributed by atoms with E-state index in [1.165, 1.54) is 56.9 Å². The lowest BCUT2D eigenvalue weighted by Gasteiger charge is -2.38. The molecule has 0 aliphatic heterocycles. The van der Waals surface area contributed by atoms with Crippen molar-refractivity contribution < 1.29 is 5.11 Å². The van der Waals surface area contributed by atoms with Gasteiger partial charge >= 0.3 is 0 Å². The number of phenols is 1. The Labute approximate surface area is 105 Å². The highest BCUT2D eigenvalue weighted by atomic mass is 16.3. The lowest BCUT2D eigenvalue weighted by molar-refractivity contribution is 0.267. The van der Waals surface area contributed by atoms with Crippen LogP contribution in [0.4, 0.5) is 0 Å². The van der Waals surface area contributed by atoms with E-state index in [4.69, 9.17) is 0 Å². The van der Waals surface area contributed by atoms with Crippen LogP contribution in [0.1, 0.15) is 63.9 Å². The van der Waals surface area contributed by atoms with Crippen molar-refractivity contribution in [2.24, 2.45) is 0 Å². The Morgan fingerprint density at radius 1 is 1.06 bits per heavy atom. The molecule has 0 bridgehead atoms. The molecule has 0 amide bonds. The van der Waals surface area contributed by atoms with Gasteiger partial charge in [-0.2, -0.15) is 0 Å². The third kappa shape index (κ3) is 2.83. The van der Waals surface area contributed by atoms with Crippen LogP contribution in [-0.2, 0) is 5.41 Å². The van der Waals surface area contributed by atoms with E-state index in [0.29, 0.717) is 11.2 Å². The average molecular weight is 232 g/mol. The van der Waals surface area contributed by atoms with Gasteiger partial charge in [-0.25, -0.2) is 0 Å². The summed E-state index contributed by atoms with van der Waals surface area (Å²) in [5.74, 6) is 0.384. The van der Waals surface area contributed by atoms with E-state index < -0.39 is 0 Å². The molecule has 1 N–H and O–H groups in total. The van der Waals surface area contributed by atoms with Gasteiger partial charge in [-0.15, -0.1) is 0 Å². The highest BCUT2D eigenvalue weighted by Crippen LogP contribution is 2.43. The van der Waals surface area contributed by atoms with Gasteiger partial charge in [0.1, 0.15) is 5.75 Å². The predicted molar refractivity (Wildman–Crippen MR) is 72.4 cm³/mol. The number of phenolic OH excluding ortho intramolecular Hbond substituents is 1. The van der Waals surface area contributed by atoms with Crippen molar-refractivity contribution in [3.63, 3.8) is 0 Å². The smallest absolute Gasteiger partial charge is 0.115 e. The minimum Gasteiger partial charge on any atom is -0.508 e. The molecule has 0 heterocycles. The second-order valence-electron chi connectivity index (χ2n) is 5.49. The molecular formula is C16H24O. The molecule has 94 valence electrons. The van der Waals surface area contributed by atoms with Crippen LogP contribution in [0, 0.1) is 0 Å². The largest absolute Gasteiger partial charge is 0.508 e. The monoisotopic (exact) mass is 232 g/mol. The molecule has 0 unspecified atom stereocenters. The number of hydrogen-bond donors (Lipinski definition) is 1. The molecule has 1 fully saturated rings. The lowest BCUT2D eigenvalue weighted by Crippen LogP contribution is -2.28. The van der Waals surface area contributed by atoms with Gasteiger partial charge in [-0.1, -0.05) is 51.2 Å². The fourth-order valence-corrected chi connectivity index (χ4v) is 3.24. The van der Waals surface area contributed by atoms with Crippen molar-refractivity contribution >= 4 is 0 Å². The molecular weight excluding hydrogens is 208 g/mol. The fourth-order valence-electron chi connectivity index (χ4n) is 3.24. The summed E-state index contributed by atoms with van der Waals surface area (Å²) in [7, 11) is 0. The number of unbranched alkanes of at least 4 members (excludes halogenated alkanes) is 1. The van der Waals surface area contributed by atoms with Crippen LogP contribution in [0.2, 0.25) is 0 Å². The zero-order valence-electron chi connectivity index (χ0n) is 10.9. The predicted octanol–water partition coefficient (Wildman–Crippen LogP) is 4.78. The Hall–Kier alpha value is -0.980. The maximum atomic E-state index is 9.42. The fraction of sp³-hybridized carbons (Fsp3) is 0.625. The quantitative estimate of drug-likeness (QED) is 0.791. The Kier molecular flexibility index (Phi) is 4.09. The van der Waals surface area contributed by atoms with Gasteiger partial charge in [-0.3, -0.25) is 0 Å². The maximum absolute atomic E-state index is 9.42. The molecule has 0 aromatic heterocycles. The van der Waals surface area contributed by atoms with E-state index in [9.17, 15) is 5.11 Å². The number of aromatic hydroxyl groups is 1. The van der Waals surface area contributed by atoms with Crippen LogP contribution in [0.5, 0.6) is 5.75 Å². The summed E-state index contributed by atoms with van der Waals surface area (Å²) in [6, 6.07) is 7.96. The van der Waals surface area contributed by atoms with E-state index in [1.807, 2.05) is 12.1 Å². The van der Waals surface area contributed by atoms with Crippen LogP contribution in [0.3, 0.4) is 0 Å². The third-order valence-corrected chi connectivity index (χ3v) is 4.30. The molecule has 1 nitrogen and oxygen atoms in total. The van der Waals surface area contributed by atoms with Gasteiger partial charge in [0.25, 0.3) is 0 Å². The first-order valence-corrected chi connectivity index (χ1v) is 7.06. The van der Waals surface area contributed by atoms with E-state index >= 15 is 0 Å². The van der Waals surface area contributed by atoms with Crippen molar-refractivity contribution in [3.05, 3.63) is 29.8 Å². The van der Waals surface area contributed by atoms with Crippen molar-refractivity contribution in [2.45, 2.75) is 63.7 Å². The molecule has 0 atom stereocenters. The number of rotatable bonds is 4. The Balaban J connectivity index is 2.21. The van der Waals surface area contributed by atoms with Gasteiger partial charge in [0.2, 0.25) is 0 Å². The molecule has 17 heavy (non-hydrogen) atoms. The summed E-state index contributed by atoms with van der Waals surface area (Å²) in [4.78, 5) is 0. The first-order valence-electron chi connectivity index (χ1n) is 7.06. The first kappa shape index (κ1) is 12.5. The minimum atomic E-state index is 0.384. The van der Waals surface area contributed by atoms with E-state index in [0.717, 1.165) is 0 Å². The van der Waals surface area contributed by atoms with Crippen molar-refractivity contribution in [2.75, 3.05) is 0 Å². The molecule has 1 aliphatic rings. The summed E-state index contributed by atoms with van der Waals surface area (Å²) in [6.45, 7) is 2.27. The van der Waals surface area contributed by atoms with Gasteiger partial charge in [0.15, 0.2) is 0 Å². The molecule has 1 aliphatic carbocycles. The molecule has 1 saturated carbocycles. The summed E-state index contributed by atoms with van der Waals surface area (Å²) in [6.07, 6.45) is 10.7.